The third-order valence-electron chi connectivity index (χ3n) is 2.52. The molecule has 0 amide bonds. The van der Waals surface area contributed by atoms with Gasteiger partial charge in [0.1, 0.15) is 11.4 Å². The molecule has 0 saturated heterocycles. The summed E-state index contributed by atoms with van der Waals surface area (Å²) in [5, 5.41) is 11.4. The number of nitrogens with zero attached hydrogens (tertiary/aromatic N) is 2. The Morgan fingerprint density at radius 2 is 2.22 bits per heavy atom. The lowest BCUT2D eigenvalue weighted by Crippen LogP contribution is -1.94. The van der Waals surface area contributed by atoms with Gasteiger partial charge in [-0.1, -0.05) is 12.1 Å². The first-order valence-corrected chi connectivity index (χ1v) is 7.23. The number of hydrogen-bond donors (Lipinski definition) is 1. The molecule has 4 nitrogen and oxygen atoms in total. The fourth-order valence-corrected chi connectivity index (χ4v) is 2.89. The maximum atomic E-state index is 9.43. The van der Waals surface area contributed by atoms with E-state index in [1.54, 1.807) is 0 Å². The number of rotatable bonds is 3. The molecule has 0 atom stereocenters. The predicted octanol–water partition coefficient (Wildman–Crippen LogP) is 3.29. The van der Waals surface area contributed by atoms with Crippen molar-refractivity contribution in [1.82, 2.24) is 9.38 Å². The number of hydrogen-bond acceptors (Lipinski definition) is 4. The maximum Gasteiger partial charge on any atom is 0.244 e. The van der Waals surface area contributed by atoms with Crippen LogP contribution >= 0.6 is 33.9 Å². The van der Waals surface area contributed by atoms with Crippen LogP contribution in [-0.4, -0.2) is 14.5 Å². The minimum atomic E-state index is -0.101. The van der Waals surface area contributed by atoms with E-state index in [0.29, 0.717) is 11.6 Å². The average molecular weight is 372 g/mol. The Hall–Kier alpha value is -1.12. The van der Waals surface area contributed by atoms with Gasteiger partial charge in [-0.25, -0.2) is 0 Å². The number of imidazole rings is 1. The van der Waals surface area contributed by atoms with Gasteiger partial charge in [0.2, 0.25) is 5.88 Å². The zero-order valence-corrected chi connectivity index (χ0v) is 12.2. The normalized spacial score (nSPS) is 11.0. The molecule has 0 aliphatic rings. The summed E-state index contributed by atoms with van der Waals surface area (Å²) in [6.07, 6.45) is 1.88. The predicted molar refractivity (Wildman–Crippen MR) is 78.2 cm³/mol. The second kappa shape index (κ2) is 4.87. The van der Waals surface area contributed by atoms with Gasteiger partial charge in [0.05, 0.1) is 10.2 Å². The molecule has 0 aliphatic carbocycles. The number of benzene rings is 1. The molecule has 0 bridgehead atoms. The van der Waals surface area contributed by atoms with Crippen LogP contribution in [-0.2, 0) is 6.61 Å². The summed E-state index contributed by atoms with van der Waals surface area (Å²) < 4.78 is 8.63. The smallest absolute Gasteiger partial charge is 0.244 e. The zero-order valence-electron chi connectivity index (χ0n) is 9.21. The Morgan fingerprint density at radius 3 is 3.00 bits per heavy atom. The van der Waals surface area contributed by atoms with Gasteiger partial charge in [0.25, 0.3) is 0 Å². The minimum absolute atomic E-state index is 0.101. The van der Waals surface area contributed by atoms with Gasteiger partial charge in [-0.2, -0.15) is 4.98 Å². The summed E-state index contributed by atoms with van der Waals surface area (Å²) in [5.41, 5.74) is 0.672. The summed E-state index contributed by atoms with van der Waals surface area (Å²) in [4.78, 5) is 5.20. The fourth-order valence-electron chi connectivity index (χ4n) is 1.67. The molecular formula is C12H9IN2O2S. The Labute approximate surface area is 121 Å². The molecule has 3 aromatic rings. The van der Waals surface area contributed by atoms with E-state index < -0.39 is 0 Å². The zero-order chi connectivity index (χ0) is 12.5. The Balaban J connectivity index is 2.04. The molecule has 3 rings (SSSR count). The van der Waals surface area contributed by atoms with E-state index in [0.717, 1.165) is 14.3 Å². The van der Waals surface area contributed by atoms with Crippen molar-refractivity contribution in [3.8, 4) is 11.6 Å². The summed E-state index contributed by atoms with van der Waals surface area (Å²) in [6.45, 7) is -0.101. The third kappa shape index (κ3) is 2.00. The SMILES string of the molecule is OCc1c(Oc2ccccc2I)nc2sccn12. The summed E-state index contributed by atoms with van der Waals surface area (Å²) in [6, 6.07) is 7.71. The Bertz CT molecular complexity index is 692. The molecule has 1 aromatic carbocycles. The van der Waals surface area contributed by atoms with Gasteiger partial charge in [-0.15, -0.1) is 11.3 Å². The first-order chi connectivity index (χ1) is 8.79. The van der Waals surface area contributed by atoms with E-state index in [4.69, 9.17) is 4.74 Å². The van der Waals surface area contributed by atoms with E-state index >= 15 is 0 Å². The van der Waals surface area contributed by atoms with E-state index in [-0.39, 0.29) is 6.61 Å². The van der Waals surface area contributed by atoms with E-state index in [1.807, 2.05) is 40.2 Å². The summed E-state index contributed by atoms with van der Waals surface area (Å²) in [7, 11) is 0. The van der Waals surface area contributed by atoms with Crippen molar-refractivity contribution < 1.29 is 9.84 Å². The standard InChI is InChI=1S/C12H9IN2O2S/c13-8-3-1-2-4-10(8)17-11-9(7-16)15-5-6-18-12(15)14-11/h1-6,16H,7H2. The highest BCUT2D eigenvalue weighted by molar-refractivity contribution is 14.1. The number of aliphatic hydroxyl groups is 1. The molecule has 0 radical (unpaired) electrons. The van der Waals surface area contributed by atoms with Gasteiger partial charge in [-0.05, 0) is 34.7 Å². The molecule has 0 saturated carbocycles. The number of ether oxygens (including phenoxy) is 1. The van der Waals surface area contributed by atoms with Gasteiger partial charge < -0.3 is 9.84 Å². The van der Waals surface area contributed by atoms with Crippen molar-refractivity contribution >= 4 is 38.9 Å². The van der Waals surface area contributed by atoms with Crippen LogP contribution in [0.1, 0.15) is 5.69 Å². The molecule has 92 valence electrons. The van der Waals surface area contributed by atoms with Crippen molar-refractivity contribution in [2.75, 3.05) is 0 Å². The van der Waals surface area contributed by atoms with E-state index in [9.17, 15) is 5.11 Å². The average Bonchev–Trinajstić information content (AvgIpc) is 2.92. The van der Waals surface area contributed by atoms with Gasteiger partial charge in [-0.3, -0.25) is 4.40 Å². The lowest BCUT2D eigenvalue weighted by atomic mass is 10.3. The molecule has 2 heterocycles. The van der Waals surface area contributed by atoms with Crippen molar-refractivity contribution in [2.45, 2.75) is 6.61 Å². The van der Waals surface area contributed by atoms with Crippen LogP contribution in [0, 0.1) is 3.57 Å². The summed E-state index contributed by atoms with van der Waals surface area (Å²) >= 11 is 3.72. The maximum absolute atomic E-state index is 9.43. The molecule has 0 unspecified atom stereocenters. The van der Waals surface area contributed by atoms with Gasteiger partial charge >= 0.3 is 0 Å². The Morgan fingerprint density at radius 1 is 1.39 bits per heavy atom. The first kappa shape index (κ1) is 11.9. The number of halogens is 1. The molecule has 2 aromatic heterocycles. The Kier molecular flexibility index (Phi) is 3.23. The van der Waals surface area contributed by atoms with Crippen LogP contribution in [0.2, 0.25) is 0 Å². The second-order valence-corrected chi connectivity index (χ2v) is 5.65. The molecule has 0 aliphatic heterocycles. The van der Waals surface area contributed by atoms with E-state index in [1.165, 1.54) is 11.3 Å². The summed E-state index contributed by atoms with van der Waals surface area (Å²) in [5.74, 6) is 1.21. The lowest BCUT2D eigenvalue weighted by Gasteiger charge is -2.06. The number of aromatic nitrogens is 2. The number of fused-ring (bicyclic) bond motifs is 1. The van der Waals surface area contributed by atoms with Crippen molar-refractivity contribution in [2.24, 2.45) is 0 Å². The van der Waals surface area contributed by atoms with Crippen LogP contribution in [0.15, 0.2) is 35.8 Å². The van der Waals surface area contributed by atoms with Gasteiger partial charge in [0.15, 0.2) is 4.96 Å². The molecule has 6 heteroatoms. The van der Waals surface area contributed by atoms with Gasteiger partial charge in [0, 0.05) is 11.6 Å². The quantitative estimate of drug-likeness (QED) is 0.718. The topological polar surface area (TPSA) is 46.8 Å². The molecule has 0 fully saturated rings. The highest BCUT2D eigenvalue weighted by atomic mass is 127. The van der Waals surface area contributed by atoms with Crippen molar-refractivity contribution in [1.29, 1.82) is 0 Å². The highest BCUT2D eigenvalue weighted by Crippen LogP contribution is 2.30. The molecule has 1 N–H and O–H groups in total. The number of aliphatic hydroxyl groups excluding tert-OH is 1. The van der Waals surface area contributed by atoms with Crippen LogP contribution < -0.4 is 4.74 Å². The molecule has 18 heavy (non-hydrogen) atoms. The highest BCUT2D eigenvalue weighted by Gasteiger charge is 2.15. The molecule has 0 spiro atoms. The minimum Gasteiger partial charge on any atom is -0.436 e. The molecular weight excluding hydrogens is 363 g/mol. The van der Waals surface area contributed by atoms with Crippen LogP contribution in [0.3, 0.4) is 0 Å². The second-order valence-electron chi connectivity index (χ2n) is 3.61. The van der Waals surface area contributed by atoms with Crippen molar-refractivity contribution in [3.63, 3.8) is 0 Å². The first-order valence-electron chi connectivity index (χ1n) is 5.27. The number of para-hydroxylation sites is 1. The van der Waals surface area contributed by atoms with Crippen LogP contribution in [0.5, 0.6) is 11.6 Å². The third-order valence-corrected chi connectivity index (χ3v) is 4.17. The number of thiazole rings is 1. The van der Waals surface area contributed by atoms with Crippen LogP contribution in [0.25, 0.3) is 4.96 Å². The largest absolute Gasteiger partial charge is 0.436 e. The fraction of sp³-hybridized carbons (Fsp3) is 0.0833. The van der Waals surface area contributed by atoms with E-state index in [2.05, 4.69) is 27.6 Å². The lowest BCUT2D eigenvalue weighted by molar-refractivity contribution is 0.269. The monoisotopic (exact) mass is 372 g/mol. The van der Waals surface area contributed by atoms with Crippen LogP contribution in [0.4, 0.5) is 0 Å². The van der Waals surface area contributed by atoms with Crippen molar-refractivity contribution in [3.05, 3.63) is 45.1 Å².